The van der Waals surface area contributed by atoms with Gasteiger partial charge in [0.05, 0.1) is 16.1 Å². The summed E-state index contributed by atoms with van der Waals surface area (Å²) in [4.78, 5) is 1.50. The topological polar surface area (TPSA) is 49.4 Å². The Morgan fingerprint density at radius 3 is 2.44 bits per heavy atom. The zero-order chi connectivity index (χ0) is 20.0. The summed E-state index contributed by atoms with van der Waals surface area (Å²) in [7, 11) is -4.31. The Labute approximate surface area is 154 Å². The van der Waals surface area contributed by atoms with E-state index in [0.717, 1.165) is 17.2 Å². The average Bonchev–Trinajstić information content (AvgIpc) is 2.99. The molecule has 0 aliphatic carbocycles. The molecule has 3 rings (SSSR count). The molecule has 0 fully saturated rings. The maximum Gasteiger partial charge on any atom is 0.419 e. The molecule has 9 heteroatoms. The van der Waals surface area contributed by atoms with E-state index in [1.54, 1.807) is 12.1 Å². The molecule has 0 unspecified atom stereocenters. The summed E-state index contributed by atoms with van der Waals surface area (Å²) in [5.74, 6) is -1.52. The number of rotatable bonds is 4. The van der Waals surface area contributed by atoms with Crippen molar-refractivity contribution < 1.29 is 26.0 Å². The summed E-state index contributed by atoms with van der Waals surface area (Å²) in [5.41, 5.74) is 0.440. The molecule has 2 aromatic carbocycles. The molecule has 1 N–H and O–H groups in total. The second-order valence-electron chi connectivity index (χ2n) is 6.69. The van der Waals surface area contributed by atoms with Crippen molar-refractivity contribution in [2.75, 3.05) is 4.72 Å². The summed E-state index contributed by atoms with van der Waals surface area (Å²) >= 11 is 0. The molecular formula is C18H18F4N2O2S. The van der Waals surface area contributed by atoms with Gasteiger partial charge in [0.2, 0.25) is 0 Å². The number of benzene rings is 2. The third-order valence-corrected chi connectivity index (χ3v) is 5.90. The first-order chi connectivity index (χ1) is 12.5. The van der Waals surface area contributed by atoms with E-state index >= 15 is 0 Å². The zero-order valence-electron chi connectivity index (χ0n) is 14.6. The first-order valence-corrected chi connectivity index (χ1v) is 9.72. The van der Waals surface area contributed by atoms with Crippen LogP contribution in [0, 0.1) is 5.82 Å². The fourth-order valence-corrected chi connectivity index (χ4v) is 4.12. The van der Waals surface area contributed by atoms with E-state index in [0.29, 0.717) is 30.9 Å². The summed E-state index contributed by atoms with van der Waals surface area (Å²) < 4.78 is 79.6. The first kappa shape index (κ1) is 19.6. The van der Waals surface area contributed by atoms with Crippen molar-refractivity contribution in [3.63, 3.8) is 0 Å². The fourth-order valence-electron chi connectivity index (χ4n) is 3.00. The average molecular weight is 402 g/mol. The van der Waals surface area contributed by atoms with Gasteiger partial charge in [-0.2, -0.15) is 13.2 Å². The van der Waals surface area contributed by atoms with Gasteiger partial charge in [0.1, 0.15) is 5.82 Å². The summed E-state index contributed by atoms with van der Waals surface area (Å²) in [5, 5.41) is 0. The summed E-state index contributed by atoms with van der Waals surface area (Å²) in [6.07, 6.45) is -4.98. The SMILES string of the molecule is CC(C)N1Cc2cccc(NS(=O)(=O)c3ccc(F)c(C(F)(F)F)c3)c2C1. The van der Waals surface area contributed by atoms with Gasteiger partial charge in [-0.25, -0.2) is 12.8 Å². The largest absolute Gasteiger partial charge is 0.419 e. The van der Waals surface area contributed by atoms with Gasteiger partial charge in [-0.05, 0) is 49.2 Å². The lowest BCUT2D eigenvalue weighted by atomic mass is 10.1. The molecule has 4 nitrogen and oxygen atoms in total. The minimum absolute atomic E-state index is 0.258. The number of halogens is 4. The van der Waals surface area contributed by atoms with E-state index in [9.17, 15) is 26.0 Å². The fraction of sp³-hybridized carbons (Fsp3) is 0.333. The second kappa shape index (κ2) is 6.79. The van der Waals surface area contributed by atoms with Crippen LogP contribution in [0.5, 0.6) is 0 Å². The molecule has 1 aliphatic heterocycles. The predicted molar refractivity (Wildman–Crippen MR) is 93.0 cm³/mol. The van der Waals surface area contributed by atoms with Crippen molar-refractivity contribution in [2.24, 2.45) is 0 Å². The van der Waals surface area contributed by atoms with E-state index < -0.39 is 32.5 Å². The van der Waals surface area contributed by atoms with Gasteiger partial charge in [0, 0.05) is 19.1 Å². The molecule has 0 saturated carbocycles. The molecule has 0 radical (unpaired) electrons. The van der Waals surface area contributed by atoms with Crippen molar-refractivity contribution in [1.82, 2.24) is 4.90 Å². The van der Waals surface area contributed by atoms with Gasteiger partial charge >= 0.3 is 6.18 Å². The lowest BCUT2D eigenvalue weighted by molar-refractivity contribution is -0.140. The van der Waals surface area contributed by atoms with Crippen molar-refractivity contribution in [2.45, 2.75) is 44.1 Å². The van der Waals surface area contributed by atoms with Gasteiger partial charge in [-0.1, -0.05) is 12.1 Å². The quantitative estimate of drug-likeness (QED) is 0.773. The number of sulfonamides is 1. The van der Waals surface area contributed by atoms with Crippen LogP contribution in [0.2, 0.25) is 0 Å². The Kier molecular flexibility index (Phi) is 4.94. The maximum absolute atomic E-state index is 13.4. The third-order valence-electron chi connectivity index (χ3n) is 4.54. The molecule has 0 amide bonds. The monoisotopic (exact) mass is 402 g/mol. The third kappa shape index (κ3) is 3.93. The van der Waals surface area contributed by atoms with E-state index in [2.05, 4.69) is 9.62 Å². The second-order valence-corrected chi connectivity index (χ2v) is 8.37. The number of nitrogens with one attached hydrogen (secondary N) is 1. The van der Waals surface area contributed by atoms with Gasteiger partial charge < -0.3 is 0 Å². The molecule has 27 heavy (non-hydrogen) atoms. The Hall–Kier alpha value is -2.13. The molecule has 1 heterocycles. The van der Waals surface area contributed by atoms with Crippen LogP contribution < -0.4 is 4.72 Å². The Morgan fingerprint density at radius 2 is 1.81 bits per heavy atom. The van der Waals surface area contributed by atoms with E-state index in [-0.39, 0.29) is 6.04 Å². The van der Waals surface area contributed by atoms with Crippen LogP contribution in [0.4, 0.5) is 23.2 Å². The Balaban J connectivity index is 1.95. The van der Waals surface area contributed by atoms with Gasteiger partial charge in [-0.3, -0.25) is 9.62 Å². The number of fused-ring (bicyclic) bond motifs is 1. The Bertz CT molecular complexity index is 972. The molecule has 0 saturated heterocycles. The van der Waals surface area contributed by atoms with Crippen LogP contribution in [-0.4, -0.2) is 19.4 Å². The van der Waals surface area contributed by atoms with E-state index in [4.69, 9.17) is 0 Å². The molecule has 146 valence electrons. The number of hydrogen-bond acceptors (Lipinski definition) is 3. The van der Waals surface area contributed by atoms with Crippen molar-refractivity contribution in [3.05, 3.63) is 58.9 Å². The first-order valence-electron chi connectivity index (χ1n) is 8.23. The lowest BCUT2D eigenvalue weighted by Gasteiger charge is -2.19. The van der Waals surface area contributed by atoms with Crippen molar-refractivity contribution in [1.29, 1.82) is 0 Å². The number of hydrogen-bond donors (Lipinski definition) is 1. The molecule has 0 bridgehead atoms. The summed E-state index contributed by atoms with van der Waals surface area (Å²) in [6.45, 7) is 5.24. The molecule has 0 spiro atoms. The smallest absolute Gasteiger partial charge is 0.292 e. The van der Waals surface area contributed by atoms with Crippen molar-refractivity contribution in [3.8, 4) is 0 Å². The van der Waals surface area contributed by atoms with Crippen LogP contribution in [0.3, 0.4) is 0 Å². The maximum atomic E-state index is 13.4. The normalized spacial score (nSPS) is 15.2. The van der Waals surface area contributed by atoms with Gasteiger partial charge in [0.15, 0.2) is 0 Å². The minimum Gasteiger partial charge on any atom is -0.292 e. The highest BCUT2D eigenvalue weighted by Crippen LogP contribution is 2.34. The molecule has 0 aromatic heterocycles. The van der Waals surface area contributed by atoms with E-state index in [1.807, 2.05) is 19.9 Å². The molecule has 1 aliphatic rings. The number of nitrogens with zero attached hydrogens (tertiary/aromatic N) is 1. The zero-order valence-corrected chi connectivity index (χ0v) is 15.5. The van der Waals surface area contributed by atoms with Crippen LogP contribution in [0.25, 0.3) is 0 Å². The summed E-state index contributed by atoms with van der Waals surface area (Å²) in [6, 6.07) is 7.02. The predicted octanol–water partition coefficient (Wildman–Crippen LogP) is 4.37. The highest BCUT2D eigenvalue weighted by atomic mass is 32.2. The highest BCUT2D eigenvalue weighted by molar-refractivity contribution is 7.92. The number of alkyl halides is 3. The molecule has 0 atom stereocenters. The molecular weight excluding hydrogens is 384 g/mol. The van der Waals surface area contributed by atoms with Crippen LogP contribution in [-0.2, 0) is 29.3 Å². The van der Waals surface area contributed by atoms with Gasteiger partial charge in [-0.15, -0.1) is 0 Å². The highest BCUT2D eigenvalue weighted by Gasteiger charge is 2.35. The standard InChI is InChI=1S/C18H18F4N2O2S/c1-11(2)24-9-12-4-3-5-17(14(12)10-24)23-27(25,26)13-6-7-16(19)15(8-13)18(20,21)22/h3-8,11,23H,9-10H2,1-2H3. The Morgan fingerprint density at radius 1 is 1.11 bits per heavy atom. The van der Waals surface area contributed by atoms with Gasteiger partial charge in [0.25, 0.3) is 10.0 Å². The van der Waals surface area contributed by atoms with Crippen LogP contribution in [0.15, 0.2) is 41.3 Å². The van der Waals surface area contributed by atoms with E-state index in [1.165, 1.54) is 0 Å². The molecule has 2 aromatic rings. The van der Waals surface area contributed by atoms with Crippen molar-refractivity contribution >= 4 is 15.7 Å². The van der Waals surface area contributed by atoms with Crippen LogP contribution in [0.1, 0.15) is 30.5 Å². The number of anilines is 1. The lowest BCUT2D eigenvalue weighted by Crippen LogP contribution is -2.24. The minimum atomic E-state index is -4.98. The van der Waals surface area contributed by atoms with Crippen LogP contribution >= 0.6 is 0 Å².